The predicted octanol–water partition coefficient (Wildman–Crippen LogP) is 3.18. The Hall–Kier alpha value is -0.980. The lowest BCUT2D eigenvalue weighted by molar-refractivity contribution is -0.385. The van der Waals surface area contributed by atoms with Crippen LogP contribution in [0.4, 0.5) is 5.69 Å². The quantitative estimate of drug-likeness (QED) is 0.602. The van der Waals surface area contributed by atoms with E-state index in [1.54, 1.807) is 12.1 Å². The summed E-state index contributed by atoms with van der Waals surface area (Å²) in [4.78, 5) is 13.1. The molecule has 0 radical (unpaired) electrons. The van der Waals surface area contributed by atoms with Crippen LogP contribution in [0.2, 0.25) is 0 Å². The van der Waals surface area contributed by atoms with Crippen LogP contribution >= 0.6 is 15.9 Å². The number of nitrogens with zero attached hydrogens (tertiary/aromatic N) is 2. The van der Waals surface area contributed by atoms with Crippen LogP contribution in [0.25, 0.3) is 0 Å². The molecule has 2 rings (SSSR count). The summed E-state index contributed by atoms with van der Waals surface area (Å²) in [5.41, 5.74) is 1.07. The molecule has 6 heteroatoms. The predicted molar refractivity (Wildman–Crippen MR) is 87.3 cm³/mol. The highest BCUT2D eigenvalue weighted by atomic mass is 79.9. The van der Waals surface area contributed by atoms with Gasteiger partial charge in [-0.25, -0.2) is 0 Å². The number of halogens is 1. The van der Waals surface area contributed by atoms with E-state index in [1.165, 1.54) is 25.9 Å². The summed E-state index contributed by atoms with van der Waals surface area (Å²) in [7, 11) is 0. The van der Waals surface area contributed by atoms with Crippen molar-refractivity contribution < 1.29 is 4.92 Å². The third-order valence-electron chi connectivity index (χ3n) is 3.80. The highest BCUT2D eigenvalue weighted by Gasteiger charge is 2.15. The van der Waals surface area contributed by atoms with Gasteiger partial charge in [-0.05, 0) is 66.0 Å². The maximum atomic E-state index is 10.9. The fourth-order valence-corrected chi connectivity index (χ4v) is 3.13. The number of nitrogens with one attached hydrogen (secondary N) is 1. The van der Waals surface area contributed by atoms with Crippen LogP contribution in [-0.2, 0) is 6.54 Å². The molecule has 1 saturated heterocycles. The number of nitro groups is 1. The van der Waals surface area contributed by atoms with E-state index in [2.05, 4.69) is 33.1 Å². The van der Waals surface area contributed by atoms with Crippen LogP contribution in [0.5, 0.6) is 0 Å². The minimum Gasteiger partial charge on any atom is -0.312 e. The number of hydrogen-bond acceptors (Lipinski definition) is 4. The summed E-state index contributed by atoms with van der Waals surface area (Å²) in [6.45, 7) is 7.42. The van der Waals surface area contributed by atoms with Gasteiger partial charge in [0.25, 0.3) is 5.69 Å². The molecule has 0 aliphatic carbocycles. The fourth-order valence-electron chi connectivity index (χ4n) is 2.74. The van der Waals surface area contributed by atoms with E-state index in [4.69, 9.17) is 0 Å². The molecule has 1 aromatic rings. The van der Waals surface area contributed by atoms with Gasteiger partial charge in [0, 0.05) is 19.2 Å². The molecule has 1 unspecified atom stereocenters. The molecule has 1 N–H and O–H groups in total. The van der Waals surface area contributed by atoms with Gasteiger partial charge < -0.3 is 10.2 Å². The Balaban J connectivity index is 1.77. The van der Waals surface area contributed by atoms with Crippen LogP contribution in [-0.4, -0.2) is 36.0 Å². The van der Waals surface area contributed by atoms with Gasteiger partial charge in [-0.15, -0.1) is 0 Å². The van der Waals surface area contributed by atoms with Gasteiger partial charge in [-0.2, -0.15) is 0 Å². The number of hydrogen-bond donors (Lipinski definition) is 1. The van der Waals surface area contributed by atoms with Crippen LogP contribution < -0.4 is 5.32 Å². The first-order valence-electron chi connectivity index (χ1n) is 7.42. The summed E-state index contributed by atoms with van der Waals surface area (Å²) < 4.78 is 0.527. The molecule has 116 valence electrons. The molecule has 0 amide bonds. The maximum absolute atomic E-state index is 10.9. The number of nitro benzene ring substituents is 1. The van der Waals surface area contributed by atoms with Crippen molar-refractivity contribution in [2.45, 2.75) is 26.3 Å². The van der Waals surface area contributed by atoms with Gasteiger partial charge in [0.15, 0.2) is 0 Å². The van der Waals surface area contributed by atoms with Crippen LogP contribution in [0, 0.1) is 16.0 Å². The minimum atomic E-state index is -0.358. The largest absolute Gasteiger partial charge is 0.312 e. The van der Waals surface area contributed by atoms with E-state index in [-0.39, 0.29) is 10.6 Å². The van der Waals surface area contributed by atoms with Crippen molar-refractivity contribution in [3.63, 3.8) is 0 Å². The fraction of sp³-hybridized carbons (Fsp3) is 0.600. The first kappa shape index (κ1) is 16.4. The average molecular weight is 356 g/mol. The molecule has 0 saturated carbocycles. The Kier molecular flexibility index (Phi) is 6.14. The minimum absolute atomic E-state index is 0.124. The zero-order valence-electron chi connectivity index (χ0n) is 12.3. The Morgan fingerprint density at radius 1 is 1.43 bits per heavy atom. The molecule has 1 atom stereocenters. The van der Waals surface area contributed by atoms with Crippen LogP contribution in [0.1, 0.15) is 25.3 Å². The van der Waals surface area contributed by atoms with Crippen molar-refractivity contribution in [1.29, 1.82) is 0 Å². The third-order valence-corrected chi connectivity index (χ3v) is 4.47. The number of likely N-dealkylation sites (tertiary alicyclic amines) is 1. The molecule has 0 aromatic heterocycles. The Bertz CT molecular complexity index is 490. The van der Waals surface area contributed by atoms with Crippen molar-refractivity contribution in [3.8, 4) is 0 Å². The normalized spacial score (nSPS) is 17.0. The molecule has 1 aromatic carbocycles. The first-order chi connectivity index (χ1) is 10.1. The standard InChI is InChI=1S/C15H22BrN3O2/c1-12(11-18-6-2-3-7-18)9-17-10-13-4-5-14(16)15(8-13)19(20)21/h4-5,8,12,17H,2-3,6-7,9-11H2,1H3. The molecular formula is C15H22BrN3O2. The maximum Gasteiger partial charge on any atom is 0.283 e. The van der Waals surface area contributed by atoms with Gasteiger partial charge in [0.05, 0.1) is 9.40 Å². The summed E-state index contributed by atoms with van der Waals surface area (Å²) in [6, 6.07) is 5.28. The van der Waals surface area contributed by atoms with Crippen molar-refractivity contribution in [1.82, 2.24) is 10.2 Å². The van der Waals surface area contributed by atoms with Crippen LogP contribution in [0.3, 0.4) is 0 Å². The Labute approximate surface area is 134 Å². The molecule has 1 heterocycles. The van der Waals surface area contributed by atoms with Gasteiger partial charge >= 0.3 is 0 Å². The molecule has 21 heavy (non-hydrogen) atoms. The summed E-state index contributed by atoms with van der Waals surface area (Å²) >= 11 is 3.20. The van der Waals surface area contributed by atoms with Crippen LogP contribution in [0.15, 0.2) is 22.7 Å². The lowest BCUT2D eigenvalue weighted by Crippen LogP contribution is -2.31. The molecule has 1 fully saturated rings. The lowest BCUT2D eigenvalue weighted by Gasteiger charge is -2.20. The van der Waals surface area contributed by atoms with E-state index in [0.29, 0.717) is 16.9 Å². The monoisotopic (exact) mass is 355 g/mol. The van der Waals surface area contributed by atoms with E-state index in [0.717, 1.165) is 18.7 Å². The Morgan fingerprint density at radius 2 is 2.14 bits per heavy atom. The van der Waals surface area contributed by atoms with Gasteiger partial charge in [0.2, 0.25) is 0 Å². The average Bonchev–Trinajstić information content (AvgIpc) is 2.93. The zero-order chi connectivity index (χ0) is 15.2. The topological polar surface area (TPSA) is 58.4 Å². The number of rotatable bonds is 7. The SMILES string of the molecule is CC(CNCc1ccc(Br)c([N+](=O)[O-])c1)CN1CCCC1. The van der Waals surface area contributed by atoms with Gasteiger partial charge in [-0.1, -0.05) is 13.0 Å². The van der Waals surface area contributed by atoms with Crippen molar-refractivity contribution in [3.05, 3.63) is 38.3 Å². The summed E-state index contributed by atoms with van der Waals surface area (Å²) in [5.74, 6) is 0.591. The summed E-state index contributed by atoms with van der Waals surface area (Å²) in [6.07, 6.45) is 2.64. The molecule has 1 aliphatic heterocycles. The van der Waals surface area contributed by atoms with Crippen molar-refractivity contribution in [2.24, 2.45) is 5.92 Å². The molecule has 5 nitrogen and oxygen atoms in total. The van der Waals surface area contributed by atoms with Gasteiger partial charge in [-0.3, -0.25) is 10.1 Å². The molecular weight excluding hydrogens is 334 g/mol. The lowest BCUT2D eigenvalue weighted by atomic mass is 10.1. The van der Waals surface area contributed by atoms with E-state index >= 15 is 0 Å². The zero-order valence-corrected chi connectivity index (χ0v) is 13.9. The highest BCUT2D eigenvalue weighted by molar-refractivity contribution is 9.10. The van der Waals surface area contributed by atoms with E-state index in [9.17, 15) is 10.1 Å². The van der Waals surface area contributed by atoms with Crippen molar-refractivity contribution in [2.75, 3.05) is 26.2 Å². The molecule has 0 spiro atoms. The number of benzene rings is 1. The first-order valence-corrected chi connectivity index (χ1v) is 8.21. The third kappa shape index (κ3) is 5.05. The van der Waals surface area contributed by atoms with E-state index in [1.807, 2.05) is 6.07 Å². The molecule has 0 bridgehead atoms. The van der Waals surface area contributed by atoms with Crippen molar-refractivity contribution >= 4 is 21.6 Å². The highest BCUT2D eigenvalue weighted by Crippen LogP contribution is 2.25. The Morgan fingerprint density at radius 3 is 2.81 bits per heavy atom. The second-order valence-corrected chi connectivity index (χ2v) is 6.64. The van der Waals surface area contributed by atoms with Gasteiger partial charge in [0.1, 0.15) is 0 Å². The smallest absolute Gasteiger partial charge is 0.283 e. The second-order valence-electron chi connectivity index (χ2n) is 5.79. The summed E-state index contributed by atoms with van der Waals surface area (Å²) in [5, 5.41) is 14.3. The van der Waals surface area contributed by atoms with E-state index < -0.39 is 0 Å². The molecule has 1 aliphatic rings. The second kappa shape index (κ2) is 7.87.